The number of rotatable bonds is 3. The van der Waals surface area contributed by atoms with E-state index in [-0.39, 0.29) is 5.56 Å². The van der Waals surface area contributed by atoms with Gasteiger partial charge in [-0.1, -0.05) is 24.3 Å². The number of benzene rings is 1. The van der Waals surface area contributed by atoms with Gasteiger partial charge in [-0.15, -0.1) is 0 Å². The van der Waals surface area contributed by atoms with E-state index in [2.05, 4.69) is 4.98 Å². The highest BCUT2D eigenvalue weighted by atomic mass is 19.4. The first-order valence-corrected chi connectivity index (χ1v) is 7.13. The molecule has 1 atom stereocenters. The summed E-state index contributed by atoms with van der Waals surface area (Å²) in [5, 5.41) is 1.70. The highest BCUT2D eigenvalue weighted by Gasteiger charge is 2.34. The van der Waals surface area contributed by atoms with E-state index in [0.29, 0.717) is 13.1 Å². The second-order valence-electron chi connectivity index (χ2n) is 5.49. The number of alkyl halides is 3. The molecule has 0 radical (unpaired) electrons. The molecule has 1 aromatic heterocycles. The molecule has 3 rings (SSSR count). The van der Waals surface area contributed by atoms with Gasteiger partial charge in [-0.3, -0.25) is 9.63 Å². The zero-order chi connectivity index (χ0) is 16.6. The predicted molar refractivity (Wildman–Crippen MR) is 77.3 cm³/mol. The number of aromatic amines is 1. The van der Waals surface area contributed by atoms with Crippen LogP contribution in [0.3, 0.4) is 0 Å². The van der Waals surface area contributed by atoms with Gasteiger partial charge >= 0.3 is 6.18 Å². The number of hydrogen-bond donors (Lipinski definition) is 1. The van der Waals surface area contributed by atoms with Crippen molar-refractivity contribution < 1.29 is 18.0 Å². The maximum absolute atomic E-state index is 12.8. The van der Waals surface area contributed by atoms with E-state index in [4.69, 9.17) is 4.84 Å². The Kier molecular flexibility index (Phi) is 3.99. The van der Waals surface area contributed by atoms with E-state index in [1.165, 1.54) is 6.20 Å². The Hall–Kier alpha value is -2.12. The number of nitrogens with zero attached hydrogens (tertiary/aromatic N) is 1. The second kappa shape index (κ2) is 5.82. The molecule has 0 bridgehead atoms. The van der Waals surface area contributed by atoms with E-state index in [1.807, 2.05) is 24.3 Å². The van der Waals surface area contributed by atoms with Crippen LogP contribution in [0.4, 0.5) is 13.2 Å². The van der Waals surface area contributed by atoms with E-state index in [9.17, 15) is 18.0 Å². The molecule has 2 aromatic rings. The highest BCUT2D eigenvalue weighted by molar-refractivity contribution is 5.29. The molecule has 1 aliphatic rings. The number of pyridine rings is 1. The van der Waals surface area contributed by atoms with Crippen molar-refractivity contribution in [1.82, 2.24) is 10.0 Å². The molecular formula is C16H15F3N2O2. The van der Waals surface area contributed by atoms with Crippen LogP contribution < -0.4 is 5.56 Å². The van der Waals surface area contributed by atoms with Gasteiger partial charge in [0.15, 0.2) is 0 Å². The molecule has 1 aromatic carbocycles. The summed E-state index contributed by atoms with van der Waals surface area (Å²) in [6.07, 6.45) is -4.04. The quantitative estimate of drug-likeness (QED) is 0.941. The zero-order valence-electron chi connectivity index (χ0n) is 12.4. The smallest absolute Gasteiger partial charge is 0.328 e. The summed E-state index contributed by atoms with van der Waals surface area (Å²) in [6.45, 7) is 2.81. The Morgan fingerprint density at radius 2 is 1.83 bits per heavy atom. The minimum Gasteiger partial charge on any atom is -0.328 e. The second-order valence-corrected chi connectivity index (χ2v) is 5.49. The average molecular weight is 324 g/mol. The van der Waals surface area contributed by atoms with Crippen LogP contribution >= 0.6 is 0 Å². The molecule has 0 spiro atoms. The van der Waals surface area contributed by atoms with Crippen molar-refractivity contribution in [1.29, 1.82) is 0 Å². The third kappa shape index (κ3) is 3.30. The SMILES string of the molecule is C[C@@H](ON1Cc2ccccc2C1)c1c[nH]c(=O)c(C(F)(F)F)c1. The molecular weight excluding hydrogens is 309 g/mol. The Balaban J connectivity index is 1.75. The number of aromatic nitrogens is 1. The van der Waals surface area contributed by atoms with Crippen molar-refractivity contribution >= 4 is 0 Å². The number of nitrogens with one attached hydrogen (secondary N) is 1. The molecule has 0 saturated carbocycles. The van der Waals surface area contributed by atoms with E-state index in [0.717, 1.165) is 17.2 Å². The summed E-state index contributed by atoms with van der Waals surface area (Å²) < 4.78 is 38.4. The minimum atomic E-state index is -4.69. The van der Waals surface area contributed by atoms with Crippen molar-refractivity contribution in [3.63, 3.8) is 0 Å². The third-order valence-corrected chi connectivity index (χ3v) is 3.82. The van der Waals surface area contributed by atoms with Crippen molar-refractivity contribution in [3.05, 3.63) is 69.1 Å². The fourth-order valence-electron chi connectivity index (χ4n) is 2.61. The van der Waals surface area contributed by atoms with Crippen molar-refractivity contribution in [2.75, 3.05) is 0 Å². The normalized spacial score (nSPS) is 16.3. The monoisotopic (exact) mass is 324 g/mol. The number of halogens is 3. The van der Waals surface area contributed by atoms with Crippen molar-refractivity contribution in [3.8, 4) is 0 Å². The van der Waals surface area contributed by atoms with E-state index < -0.39 is 23.4 Å². The maximum Gasteiger partial charge on any atom is 0.421 e. The first kappa shape index (κ1) is 15.8. The standard InChI is InChI=1S/C16H15F3N2O2/c1-10(13-6-14(16(17,18)19)15(22)20-7-13)23-21-8-11-4-2-3-5-12(11)9-21/h2-7,10H,8-9H2,1H3,(H,20,22)/t10-/m1/s1. The number of hydroxylamine groups is 2. The summed E-state index contributed by atoms with van der Waals surface area (Å²) in [7, 11) is 0. The molecule has 0 unspecified atom stereocenters. The Labute approximate surface area is 130 Å². The van der Waals surface area contributed by atoms with Gasteiger partial charge < -0.3 is 4.98 Å². The zero-order valence-corrected chi connectivity index (χ0v) is 12.4. The summed E-state index contributed by atoms with van der Waals surface area (Å²) >= 11 is 0. The number of hydrogen-bond acceptors (Lipinski definition) is 3. The van der Waals surface area contributed by atoms with Gasteiger partial charge in [-0.25, -0.2) is 0 Å². The molecule has 0 amide bonds. The lowest BCUT2D eigenvalue weighted by Gasteiger charge is -2.21. The number of H-pyrrole nitrogens is 1. The maximum atomic E-state index is 12.8. The lowest BCUT2D eigenvalue weighted by molar-refractivity contribution is -0.202. The molecule has 2 heterocycles. The lowest BCUT2D eigenvalue weighted by atomic mass is 10.1. The fourth-order valence-corrected chi connectivity index (χ4v) is 2.61. The van der Waals surface area contributed by atoms with Gasteiger partial charge in [0.25, 0.3) is 5.56 Å². The molecule has 7 heteroatoms. The van der Waals surface area contributed by atoms with Crippen LogP contribution in [0.2, 0.25) is 0 Å². The Morgan fingerprint density at radius 3 is 2.39 bits per heavy atom. The molecule has 23 heavy (non-hydrogen) atoms. The first-order valence-electron chi connectivity index (χ1n) is 7.13. The van der Waals surface area contributed by atoms with Crippen LogP contribution in [0.1, 0.15) is 35.3 Å². The van der Waals surface area contributed by atoms with E-state index >= 15 is 0 Å². The van der Waals surface area contributed by atoms with Gasteiger partial charge in [0.1, 0.15) is 11.7 Å². The summed E-state index contributed by atoms with van der Waals surface area (Å²) in [4.78, 5) is 19.2. The van der Waals surface area contributed by atoms with Gasteiger partial charge in [-0.2, -0.15) is 18.2 Å². The fraction of sp³-hybridized carbons (Fsp3) is 0.312. The van der Waals surface area contributed by atoms with Crippen molar-refractivity contribution in [2.24, 2.45) is 0 Å². The van der Waals surface area contributed by atoms with Crippen molar-refractivity contribution in [2.45, 2.75) is 32.3 Å². The first-order chi connectivity index (χ1) is 10.8. The molecule has 0 aliphatic carbocycles. The summed E-state index contributed by atoms with van der Waals surface area (Å²) in [5.41, 5.74) is 0.180. The van der Waals surface area contributed by atoms with Crippen LogP contribution in [0.15, 0.2) is 41.3 Å². The molecule has 0 saturated heterocycles. The van der Waals surface area contributed by atoms with Crippen LogP contribution in [0, 0.1) is 0 Å². The van der Waals surface area contributed by atoms with Crippen LogP contribution in [0.5, 0.6) is 0 Å². The van der Waals surface area contributed by atoms with Crippen LogP contribution in [-0.4, -0.2) is 10.0 Å². The Bertz CT molecular complexity index is 745. The molecule has 122 valence electrons. The molecule has 4 nitrogen and oxygen atoms in total. The average Bonchev–Trinajstić information content (AvgIpc) is 2.88. The van der Waals surface area contributed by atoms with E-state index in [1.54, 1.807) is 12.0 Å². The molecule has 1 N–H and O–H groups in total. The minimum absolute atomic E-state index is 0.271. The Morgan fingerprint density at radius 1 is 1.22 bits per heavy atom. The van der Waals surface area contributed by atoms with Gasteiger partial charge in [0, 0.05) is 19.3 Å². The number of fused-ring (bicyclic) bond motifs is 1. The third-order valence-electron chi connectivity index (χ3n) is 3.82. The van der Waals surface area contributed by atoms with Gasteiger partial charge in [-0.05, 0) is 29.7 Å². The van der Waals surface area contributed by atoms with Gasteiger partial charge in [0.2, 0.25) is 0 Å². The lowest BCUT2D eigenvalue weighted by Crippen LogP contribution is -2.24. The van der Waals surface area contributed by atoms with Crippen LogP contribution in [-0.2, 0) is 24.1 Å². The highest BCUT2D eigenvalue weighted by Crippen LogP contribution is 2.30. The summed E-state index contributed by atoms with van der Waals surface area (Å²) in [6, 6.07) is 8.69. The molecule has 0 fully saturated rings. The van der Waals surface area contributed by atoms with Crippen LogP contribution in [0.25, 0.3) is 0 Å². The largest absolute Gasteiger partial charge is 0.421 e. The van der Waals surface area contributed by atoms with Gasteiger partial charge in [0.05, 0.1) is 0 Å². The predicted octanol–water partition coefficient (Wildman–Crippen LogP) is 3.40. The summed E-state index contributed by atoms with van der Waals surface area (Å²) in [5.74, 6) is 0. The topological polar surface area (TPSA) is 45.3 Å². The molecule has 1 aliphatic heterocycles.